The lowest BCUT2D eigenvalue weighted by molar-refractivity contribution is 0.194. The van der Waals surface area contributed by atoms with Crippen molar-refractivity contribution in [1.29, 1.82) is 0 Å². The predicted octanol–water partition coefficient (Wildman–Crippen LogP) is 2.99. The van der Waals surface area contributed by atoms with Crippen molar-refractivity contribution < 1.29 is 0 Å². The first-order chi connectivity index (χ1) is 8.76. The summed E-state index contributed by atoms with van der Waals surface area (Å²) < 4.78 is 0. The van der Waals surface area contributed by atoms with Crippen molar-refractivity contribution in [3.05, 3.63) is 35.4 Å². The van der Waals surface area contributed by atoms with Gasteiger partial charge >= 0.3 is 0 Å². The van der Waals surface area contributed by atoms with E-state index in [1.54, 1.807) is 0 Å². The zero-order chi connectivity index (χ0) is 12.4. The van der Waals surface area contributed by atoms with E-state index < -0.39 is 0 Å². The fourth-order valence-electron chi connectivity index (χ4n) is 3.60. The number of halogens is 1. The molecule has 0 unspecified atom stereocenters. The van der Waals surface area contributed by atoms with E-state index >= 15 is 0 Å². The maximum Gasteiger partial charge on any atom is 0.0234 e. The predicted molar refractivity (Wildman–Crippen MR) is 82.9 cm³/mol. The van der Waals surface area contributed by atoms with E-state index in [9.17, 15) is 0 Å². The normalized spacial score (nSPS) is 22.4. The van der Waals surface area contributed by atoms with Crippen molar-refractivity contribution in [2.75, 3.05) is 26.2 Å². The van der Waals surface area contributed by atoms with Crippen LogP contribution in [-0.2, 0) is 6.54 Å². The number of piperidine rings is 1. The molecule has 0 aliphatic carbocycles. The summed E-state index contributed by atoms with van der Waals surface area (Å²) in [5, 5.41) is 3.49. The van der Waals surface area contributed by atoms with E-state index in [0.717, 1.165) is 6.54 Å². The standard InChI is InChI=1S/C16H24N2.ClH/c1-14-3-2-4-15(11-14)12-18-10-7-16(13-18)5-8-17-9-6-16;/h2-4,11,17H,5-10,12-13H2,1H3;1H. The molecule has 0 aromatic heterocycles. The van der Waals surface area contributed by atoms with E-state index in [1.165, 1.54) is 56.6 Å². The number of hydrogen-bond donors (Lipinski definition) is 1. The molecule has 1 spiro atoms. The quantitative estimate of drug-likeness (QED) is 0.896. The van der Waals surface area contributed by atoms with Gasteiger partial charge in [-0.25, -0.2) is 0 Å². The molecule has 0 atom stereocenters. The Labute approximate surface area is 123 Å². The van der Waals surface area contributed by atoms with Crippen LogP contribution in [0.4, 0.5) is 0 Å². The highest BCUT2D eigenvalue weighted by Gasteiger charge is 2.38. The summed E-state index contributed by atoms with van der Waals surface area (Å²) in [6.07, 6.45) is 4.15. The molecule has 0 saturated carbocycles. The van der Waals surface area contributed by atoms with Crippen LogP contribution in [0.3, 0.4) is 0 Å². The Morgan fingerprint density at radius 1 is 1.21 bits per heavy atom. The summed E-state index contributed by atoms with van der Waals surface area (Å²) in [6, 6.07) is 8.96. The fourth-order valence-corrected chi connectivity index (χ4v) is 3.60. The van der Waals surface area contributed by atoms with E-state index in [-0.39, 0.29) is 12.4 Å². The van der Waals surface area contributed by atoms with Gasteiger partial charge in [-0.1, -0.05) is 29.8 Å². The minimum atomic E-state index is 0. The summed E-state index contributed by atoms with van der Waals surface area (Å²) >= 11 is 0. The molecule has 2 nitrogen and oxygen atoms in total. The number of likely N-dealkylation sites (tertiary alicyclic amines) is 1. The number of rotatable bonds is 2. The highest BCUT2D eigenvalue weighted by atomic mass is 35.5. The third-order valence-electron chi connectivity index (χ3n) is 4.67. The zero-order valence-corrected chi connectivity index (χ0v) is 12.6. The van der Waals surface area contributed by atoms with E-state index in [2.05, 4.69) is 41.4 Å². The number of nitrogens with zero attached hydrogens (tertiary/aromatic N) is 1. The minimum Gasteiger partial charge on any atom is -0.317 e. The van der Waals surface area contributed by atoms with E-state index in [0.29, 0.717) is 5.41 Å². The molecule has 19 heavy (non-hydrogen) atoms. The van der Waals surface area contributed by atoms with E-state index in [1.807, 2.05) is 0 Å². The maximum absolute atomic E-state index is 3.49. The topological polar surface area (TPSA) is 15.3 Å². The SMILES string of the molecule is Cc1cccc(CN2CCC3(CCNCC3)C2)c1.Cl. The van der Waals surface area contributed by atoms with Crippen LogP contribution in [0.2, 0.25) is 0 Å². The number of aryl methyl sites for hydroxylation is 1. The average molecular weight is 281 g/mol. The second-order valence-electron chi connectivity index (χ2n) is 6.20. The number of hydrogen-bond acceptors (Lipinski definition) is 2. The third kappa shape index (κ3) is 3.50. The highest BCUT2D eigenvalue weighted by Crippen LogP contribution is 2.38. The van der Waals surface area contributed by atoms with Gasteiger partial charge < -0.3 is 5.32 Å². The van der Waals surface area contributed by atoms with Gasteiger partial charge in [0.15, 0.2) is 0 Å². The van der Waals surface area contributed by atoms with Gasteiger partial charge in [-0.3, -0.25) is 4.90 Å². The van der Waals surface area contributed by atoms with Crippen LogP contribution < -0.4 is 5.32 Å². The van der Waals surface area contributed by atoms with Crippen molar-refractivity contribution in [3.63, 3.8) is 0 Å². The minimum absolute atomic E-state index is 0. The molecule has 2 aliphatic heterocycles. The summed E-state index contributed by atoms with van der Waals surface area (Å²) in [7, 11) is 0. The summed E-state index contributed by atoms with van der Waals surface area (Å²) in [5.74, 6) is 0. The van der Waals surface area contributed by atoms with Gasteiger partial charge in [0.1, 0.15) is 0 Å². The molecule has 1 N–H and O–H groups in total. The molecule has 3 heteroatoms. The Hall–Kier alpha value is -0.570. The van der Waals surface area contributed by atoms with Crippen LogP contribution in [-0.4, -0.2) is 31.1 Å². The zero-order valence-electron chi connectivity index (χ0n) is 11.8. The van der Waals surface area contributed by atoms with Gasteiger partial charge in [0, 0.05) is 13.1 Å². The molecule has 0 radical (unpaired) electrons. The fraction of sp³-hybridized carbons (Fsp3) is 0.625. The average Bonchev–Trinajstić information content (AvgIpc) is 2.73. The lowest BCUT2D eigenvalue weighted by Gasteiger charge is -2.34. The Morgan fingerprint density at radius 2 is 2.00 bits per heavy atom. The van der Waals surface area contributed by atoms with E-state index in [4.69, 9.17) is 0 Å². The van der Waals surface area contributed by atoms with Gasteiger partial charge in [-0.2, -0.15) is 0 Å². The van der Waals surface area contributed by atoms with Crippen molar-refractivity contribution in [2.45, 2.75) is 32.7 Å². The molecule has 1 aromatic rings. The molecule has 0 amide bonds. The summed E-state index contributed by atoms with van der Waals surface area (Å²) in [6.45, 7) is 8.35. The van der Waals surface area contributed by atoms with Crippen LogP contribution in [0.5, 0.6) is 0 Å². The van der Waals surface area contributed by atoms with Crippen molar-refractivity contribution >= 4 is 12.4 Å². The maximum atomic E-state index is 3.49. The number of benzene rings is 1. The number of nitrogens with one attached hydrogen (secondary N) is 1. The Balaban J connectivity index is 0.00000133. The monoisotopic (exact) mass is 280 g/mol. The second kappa shape index (κ2) is 6.25. The summed E-state index contributed by atoms with van der Waals surface area (Å²) in [4.78, 5) is 2.65. The highest BCUT2D eigenvalue weighted by molar-refractivity contribution is 5.85. The third-order valence-corrected chi connectivity index (χ3v) is 4.67. The smallest absolute Gasteiger partial charge is 0.0234 e. The van der Waals surface area contributed by atoms with Crippen LogP contribution >= 0.6 is 12.4 Å². The molecule has 2 heterocycles. The first-order valence-electron chi connectivity index (χ1n) is 7.24. The first kappa shape index (κ1) is 14.8. The summed E-state index contributed by atoms with van der Waals surface area (Å²) in [5.41, 5.74) is 3.49. The largest absolute Gasteiger partial charge is 0.317 e. The van der Waals surface area contributed by atoms with Crippen LogP contribution in [0.15, 0.2) is 24.3 Å². The van der Waals surface area contributed by atoms with Gasteiger partial charge in [0.05, 0.1) is 0 Å². The lowest BCUT2D eigenvalue weighted by atomic mass is 9.78. The van der Waals surface area contributed by atoms with Gasteiger partial charge in [0.2, 0.25) is 0 Å². The van der Waals surface area contributed by atoms with Crippen molar-refractivity contribution in [3.8, 4) is 0 Å². The molecule has 106 valence electrons. The molecular weight excluding hydrogens is 256 g/mol. The van der Waals surface area contributed by atoms with Gasteiger partial charge in [-0.05, 0) is 56.8 Å². The van der Waals surface area contributed by atoms with Crippen molar-refractivity contribution in [1.82, 2.24) is 10.2 Å². The van der Waals surface area contributed by atoms with Crippen LogP contribution in [0, 0.1) is 12.3 Å². The molecule has 3 rings (SSSR count). The Bertz CT molecular complexity index is 413. The molecule has 0 bridgehead atoms. The molecule has 2 saturated heterocycles. The molecular formula is C16H25ClN2. The van der Waals surface area contributed by atoms with Crippen LogP contribution in [0.25, 0.3) is 0 Å². The Kier molecular flexibility index (Phi) is 4.88. The Morgan fingerprint density at radius 3 is 2.74 bits per heavy atom. The second-order valence-corrected chi connectivity index (χ2v) is 6.20. The van der Waals surface area contributed by atoms with Crippen LogP contribution in [0.1, 0.15) is 30.4 Å². The molecule has 2 fully saturated rings. The van der Waals surface area contributed by atoms with Crippen molar-refractivity contribution in [2.24, 2.45) is 5.41 Å². The van der Waals surface area contributed by atoms with Gasteiger partial charge in [0.25, 0.3) is 0 Å². The lowest BCUT2D eigenvalue weighted by Crippen LogP contribution is -2.38. The first-order valence-corrected chi connectivity index (χ1v) is 7.24. The molecule has 1 aromatic carbocycles. The molecule has 2 aliphatic rings. The van der Waals surface area contributed by atoms with Gasteiger partial charge in [-0.15, -0.1) is 12.4 Å².